The maximum absolute atomic E-state index is 13.4. The van der Waals surface area contributed by atoms with Crippen molar-refractivity contribution in [2.75, 3.05) is 18.8 Å². The number of amides is 2. The molecule has 2 amide bonds. The number of carbonyl (C=O) groups excluding carboxylic acids is 2. The number of aliphatic carboxylic acids is 1. The Balaban J connectivity index is 1.43. The van der Waals surface area contributed by atoms with E-state index in [9.17, 15) is 18.8 Å². The van der Waals surface area contributed by atoms with Crippen molar-refractivity contribution in [3.05, 3.63) is 58.9 Å². The summed E-state index contributed by atoms with van der Waals surface area (Å²) in [7, 11) is 0. The number of rotatable bonds is 9. The van der Waals surface area contributed by atoms with Gasteiger partial charge in [-0.15, -0.1) is 11.3 Å². The number of nitrogens with zero attached hydrogens (tertiary/aromatic N) is 2. The molecule has 35 heavy (non-hydrogen) atoms. The molecule has 9 nitrogen and oxygen atoms in total. The van der Waals surface area contributed by atoms with Crippen molar-refractivity contribution in [2.45, 2.75) is 37.9 Å². The molecular weight excluding hydrogens is 473 g/mol. The van der Waals surface area contributed by atoms with E-state index in [0.717, 1.165) is 15.0 Å². The fraction of sp³-hybridized carbons (Fsp3) is 0.333. The number of nitrogens with two attached hydrogens (primary N) is 1. The lowest BCUT2D eigenvalue weighted by molar-refractivity contribution is -0.141. The maximum Gasteiger partial charge on any atom is 0.317 e. The predicted octanol–water partition coefficient (Wildman–Crippen LogP) is 1.91. The summed E-state index contributed by atoms with van der Waals surface area (Å²) in [5.41, 5.74) is 6.60. The van der Waals surface area contributed by atoms with Crippen LogP contribution in [0, 0.1) is 5.82 Å². The van der Waals surface area contributed by atoms with Crippen molar-refractivity contribution in [3.8, 4) is 0 Å². The lowest BCUT2D eigenvalue weighted by Gasteiger charge is -2.28. The van der Waals surface area contributed by atoms with Gasteiger partial charge in [-0.1, -0.05) is 12.1 Å². The summed E-state index contributed by atoms with van der Waals surface area (Å²) in [4.78, 5) is 44.0. The number of carboxylic acid groups (broad SMARTS) is 1. The molecule has 2 atom stereocenters. The zero-order valence-corrected chi connectivity index (χ0v) is 19.7. The Hall–Kier alpha value is -3.57. The third-order valence-electron chi connectivity index (χ3n) is 5.95. The number of carbonyl (C=O) groups is 3. The van der Waals surface area contributed by atoms with Gasteiger partial charge in [-0.3, -0.25) is 19.7 Å². The van der Waals surface area contributed by atoms with E-state index < -0.39 is 30.4 Å². The number of pyridine rings is 1. The van der Waals surface area contributed by atoms with Crippen molar-refractivity contribution < 1.29 is 23.9 Å². The molecule has 0 radical (unpaired) electrons. The molecule has 3 heterocycles. The molecule has 3 aromatic rings. The van der Waals surface area contributed by atoms with Crippen molar-refractivity contribution in [1.29, 1.82) is 0 Å². The molecule has 4 rings (SSSR count). The number of anilines is 1. The standard InChI is InChI=1S/C24H26FN5O4S/c25-15-5-3-14(4-6-15)10-18(28-13-21(31)32)24(34)30-9-1-2-19(30)23(33)29-12-16-11-17-20(35-16)7-8-27-22(17)26/h3-8,11,18-19,28H,1-2,9-10,12-13H2,(H2,26,27)(H,29,33)(H,31,32)/t18-,19+/m1/s1. The highest BCUT2D eigenvalue weighted by Crippen LogP contribution is 2.28. The van der Waals surface area contributed by atoms with E-state index in [2.05, 4.69) is 15.6 Å². The van der Waals surface area contributed by atoms with Crippen LogP contribution in [0.15, 0.2) is 42.6 Å². The van der Waals surface area contributed by atoms with Gasteiger partial charge in [-0.05, 0) is 49.1 Å². The van der Waals surface area contributed by atoms with Gasteiger partial charge in [0.05, 0.1) is 19.1 Å². The van der Waals surface area contributed by atoms with Crippen LogP contribution in [0.1, 0.15) is 23.3 Å². The van der Waals surface area contributed by atoms with E-state index in [0.29, 0.717) is 37.3 Å². The number of nitrogens with one attached hydrogen (secondary N) is 2. The van der Waals surface area contributed by atoms with E-state index in [1.54, 1.807) is 18.3 Å². The number of hydrogen-bond acceptors (Lipinski definition) is 7. The average Bonchev–Trinajstić information content (AvgIpc) is 3.49. The van der Waals surface area contributed by atoms with E-state index >= 15 is 0 Å². The molecule has 0 spiro atoms. The normalized spacial score (nSPS) is 16.4. The maximum atomic E-state index is 13.4. The van der Waals surface area contributed by atoms with Crippen LogP contribution in [0.4, 0.5) is 10.2 Å². The first-order valence-corrected chi connectivity index (χ1v) is 12.0. The highest BCUT2D eigenvalue weighted by atomic mass is 32.1. The lowest BCUT2D eigenvalue weighted by Crippen LogP contribution is -2.53. The van der Waals surface area contributed by atoms with Crippen LogP contribution in [0.5, 0.6) is 0 Å². The van der Waals surface area contributed by atoms with E-state index in [1.165, 1.54) is 28.4 Å². The second-order valence-electron chi connectivity index (χ2n) is 8.39. The van der Waals surface area contributed by atoms with Crippen molar-refractivity contribution in [3.63, 3.8) is 0 Å². The molecule has 1 aliphatic heterocycles. The van der Waals surface area contributed by atoms with Crippen LogP contribution < -0.4 is 16.4 Å². The SMILES string of the molecule is Nc1nccc2sc(CNC(=O)[C@@H]3CCCN3C(=O)[C@@H](Cc3ccc(F)cc3)NCC(=O)O)cc12. The fourth-order valence-electron chi connectivity index (χ4n) is 4.23. The summed E-state index contributed by atoms with van der Waals surface area (Å²) in [6.07, 6.45) is 2.99. The summed E-state index contributed by atoms with van der Waals surface area (Å²) in [5, 5.41) is 15.6. The number of halogens is 1. The van der Waals surface area contributed by atoms with E-state index in [-0.39, 0.29) is 18.2 Å². The molecular formula is C24H26FN5O4S. The topological polar surface area (TPSA) is 138 Å². The highest BCUT2D eigenvalue weighted by Gasteiger charge is 2.37. The largest absolute Gasteiger partial charge is 0.480 e. The molecule has 1 aromatic carbocycles. The second kappa shape index (κ2) is 10.8. The molecule has 184 valence electrons. The highest BCUT2D eigenvalue weighted by molar-refractivity contribution is 7.19. The Kier molecular flexibility index (Phi) is 7.57. The zero-order valence-electron chi connectivity index (χ0n) is 18.9. The molecule has 11 heteroatoms. The summed E-state index contributed by atoms with van der Waals surface area (Å²) in [5.74, 6) is -1.68. The van der Waals surface area contributed by atoms with E-state index in [4.69, 9.17) is 10.8 Å². The molecule has 0 saturated carbocycles. The third kappa shape index (κ3) is 5.92. The Morgan fingerprint density at radius 3 is 2.74 bits per heavy atom. The Morgan fingerprint density at radius 2 is 2.03 bits per heavy atom. The quantitative estimate of drug-likeness (QED) is 0.353. The molecule has 1 aliphatic rings. The minimum absolute atomic E-state index is 0.175. The predicted molar refractivity (Wildman–Crippen MR) is 130 cm³/mol. The molecule has 5 N–H and O–H groups in total. The molecule has 0 bridgehead atoms. The number of nitrogen functional groups attached to an aromatic ring is 1. The first kappa shape index (κ1) is 24.6. The Labute approximate surface area is 205 Å². The minimum atomic E-state index is -1.10. The monoisotopic (exact) mass is 499 g/mol. The fourth-order valence-corrected chi connectivity index (χ4v) is 5.24. The van der Waals surface area contributed by atoms with Crippen LogP contribution in [-0.4, -0.2) is 57.9 Å². The molecule has 1 fully saturated rings. The minimum Gasteiger partial charge on any atom is -0.480 e. The van der Waals surface area contributed by atoms with E-state index in [1.807, 2.05) is 12.1 Å². The number of benzene rings is 1. The Morgan fingerprint density at radius 1 is 1.26 bits per heavy atom. The first-order chi connectivity index (χ1) is 16.8. The molecule has 1 saturated heterocycles. The van der Waals surface area contributed by atoms with Gasteiger partial charge < -0.3 is 21.1 Å². The summed E-state index contributed by atoms with van der Waals surface area (Å²) in [6.45, 7) is 0.287. The van der Waals surface area contributed by atoms with Crippen molar-refractivity contribution >= 4 is 45.0 Å². The van der Waals surface area contributed by atoms with Gasteiger partial charge in [-0.25, -0.2) is 9.37 Å². The third-order valence-corrected chi connectivity index (χ3v) is 7.05. The van der Waals surface area contributed by atoms with Crippen LogP contribution >= 0.6 is 11.3 Å². The molecule has 0 unspecified atom stereocenters. The van der Waals surface area contributed by atoms with Gasteiger partial charge in [-0.2, -0.15) is 0 Å². The summed E-state index contributed by atoms with van der Waals surface area (Å²) < 4.78 is 14.3. The lowest BCUT2D eigenvalue weighted by atomic mass is 10.0. The zero-order chi connectivity index (χ0) is 24.9. The second-order valence-corrected chi connectivity index (χ2v) is 9.55. The molecule has 0 aliphatic carbocycles. The number of thiophene rings is 1. The number of hydrogen-bond donors (Lipinski definition) is 4. The number of aromatic nitrogens is 1. The van der Waals surface area contributed by atoms with Crippen molar-refractivity contribution in [2.24, 2.45) is 0 Å². The average molecular weight is 500 g/mol. The summed E-state index contributed by atoms with van der Waals surface area (Å²) >= 11 is 1.51. The van der Waals surface area contributed by atoms with Crippen LogP contribution in [0.2, 0.25) is 0 Å². The van der Waals surface area contributed by atoms with Gasteiger partial charge in [0.25, 0.3) is 0 Å². The van der Waals surface area contributed by atoms with Crippen LogP contribution in [-0.2, 0) is 27.3 Å². The first-order valence-electron chi connectivity index (χ1n) is 11.2. The smallest absolute Gasteiger partial charge is 0.317 e. The van der Waals surface area contributed by atoms with Gasteiger partial charge in [0.2, 0.25) is 11.8 Å². The van der Waals surface area contributed by atoms with Gasteiger partial charge in [0, 0.05) is 27.7 Å². The number of likely N-dealkylation sites (tertiary alicyclic amines) is 1. The van der Waals surface area contributed by atoms with Crippen molar-refractivity contribution in [1.82, 2.24) is 20.5 Å². The van der Waals surface area contributed by atoms with Crippen LogP contribution in [0.3, 0.4) is 0 Å². The Bertz CT molecular complexity index is 1230. The molecule has 2 aromatic heterocycles. The number of fused-ring (bicyclic) bond motifs is 1. The summed E-state index contributed by atoms with van der Waals surface area (Å²) in [6, 6.07) is 7.95. The van der Waals surface area contributed by atoms with Gasteiger partial charge >= 0.3 is 5.97 Å². The van der Waals surface area contributed by atoms with Gasteiger partial charge in [0.1, 0.15) is 17.7 Å². The van der Waals surface area contributed by atoms with Gasteiger partial charge in [0.15, 0.2) is 0 Å². The van der Waals surface area contributed by atoms with Crippen LogP contribution in [0.25, 0.3) is 10.1 Å². The number of carboxylic acids is 1.